The van der Waals surface area contributed by atoms with Gasteiger partial charge >= 0.3 is 0 Å². The van der Waals surface area contributed by atoms with Gasteiger partial charge in [-0.2, -0.15) is 8.42 Å². The van der Waals surface area contributed by atoms with Crippen molar-refractivity contribution in [1.29, 1.82) is 0 Å². The highest BCUT2D eigenvalue weighted by Gasteiger charge is 2.20. The molecule has 1 saturated heterocycles. The molecule has 1 aromatic carbocycles. The lowest BCUT2D eigenvalue weighted by atomic mass is 9.89. The summed E-state index contributed by atoms with van der Waals surface area (Å²) in [5.41, 5.74) is 1.17. The highest BCUT2D eigenvalue weighted by Crippen LogP contribution is 2.28. The van der Waals surface area contributed by atoms with E-state index in [0.29, 0.717) is 18.9 Å². The molecule has 112 valence electrons. The number of halogens is 1. The molecule has 0 radical (unpaired) electrons. The van der Waals surface area contributed by atoms with Crippen LogP contribution < -0.4 is 0 Å². The van der Waals surface area contributed by atoms with Gasteiger partial charge in [0.15, 0.2) is 0 Å². The topological polar surface area (TPSA) is 57.6 Å². The second-order valence-corrected chi connectivity index (χ2v) is 6.88. The summed E-state index contributed by atoms with van der Waals surface area (Å²) in [6.07, 6.45) is 2.45. The van der Waals surface area contributed by atoms with Crippen molar-refractivity contribution in [3.63, 3.8) is 0 Å². The normalized spacial score (nSPS) is 18.3. The molecule has 0 atom stereocenters. The monoisotopic (exact) mass is 301 g/mol. The third-order valence-electron chi connectivity index (χ3n) is 3.81. The van der Waals surface area contributed by atoms with Crippen LogP contribution in [0.4, 0.5) is 4.39 Å². The molecule has 1 aliphatic heterocycles. The molecule has 0 spiro atoms. The van der Waals surface area contributed by atoms with Crippen LogP contribution in [0.5, 0.6) is 0 Å². The molecule has 6 heteroatoms. The van der Waals surface area contributed by atoms with Crippen molar-refractivity contribution in [2.75, 3.05) is 25.4 Å². The lowest BCUT2D eigenvalue weighted by molar-refractivity contribution is 0.212. The maximum atomic E-state index is 12.9. The van der Waals surface area contributed by atoms with Crippen molar-refractivity contribution in [2.24, 2.45) is 0 Å². The van der Waals surface area contributed by atoms with Gasteiger partial charge in [0.1, 0.15) is 5.82 Å². The lowest BCUT2D eigenvalue weighted by Crippen LogP contribution is -2.34. The fraction of sp³-hybridized carbons (Fsp3) is 0.571. The number of benzene rings is 1. The fourth-order valence-electron chi connectivity index (χ4n) is 2.70. The fourth-order valence-corrected chi connectivity index (χ4v) is 3.19. The van der Waals surface area contributed by atoms with E-state index in [-0.39, 0.29) is 11.6 Å². The molecule has 1 heterocycles. The summed E-state index contributed by atoms with van der Waals surface area (Å²) in [6, 6.07) is 6.67. The van der Waals surface area contributed by atoms with Gasteiger partial charge in [0.05, 0.1) is 5.75 Å². The summed E-state index contributed by atoms with van der Waals surface area (Å²) in [5, 5.41) is 0. The Bertz CT molecular complexity index is 522. The molecule has 0 saturated carbocycles. The Kier molecular flexibility index (Phi) is 5.12. The quantitative estimate of drug-likeness (QED) is 0.848. The Balaban J connectivity index is 1.76. The third-order valence-corrected chi connectivity index (χ3v) is 4.61. The minimum atomic E-state index is -3.84. The first-order valence-corrected chi connectivity index (χ1v) is 8.48. The Morgan fingerprint density at radius 3 is 2.35 bits per heavy atom. The molecule has 1 N–H and O–H groups in total. The van der Waals surface area contributed by atoms with E-state index in [2.05, 4.69) is 4.90 Å². The molecular formula is C14H20FNO3S. The number of hydrogen-bond acceptors (Lipinski definition) is 3. The van der Waals surface area contributed by atoms with Crippen LogP contribution in [0.25, 0.3) is 0 Å². The van der Waals surface area contributed by atoms with E-state index in [9.17, 15) is 12.8 Å². The first kappa shape index (κ1) is 15.4. The van der Waals surface area contributed by atoms with Crippen molar-refractivity contribution in [1.82, 2.24) is 4.90 Å². The van der Waals surface area contributed by atoms with E-state index < -0.39 is 10.1 Å². The second-order valence-electron chi connectivity index (χ2n) is 5.31. The van der Waals surface area contributed by atoms with Crippen LogP contribution in [0.3, 0.4) is 0 Å². The van der Waals surface area contributed by atoms with Crippen LogP contribution >= 0.6 is 0 Å². The second kappa shape index (κ2) is 6.65. The van der Waals surface area contributed by atoms with Gasteiger partial charge in [0.2, 0.25) is 0 Å². The molecular weight excluding hydrogens is 281 g/mol. The maximum absolute atomic E-state index is 12.9. The molecule has 0 amide bonds. The van der Waals surface area contributed by atoms with Gasteiger partial charge in [0, 0.05) is 0 Å². The summed E-state index contributed by atoms with van der Waals surface area (Å²) in [7, 11) is -3.84. The minimum Gasteiger partial charge on any atom is -0.303 e. The number of piperidine rings is 1. The van der Waals surface area contributed by atoms with Crippen molar-refractivity contribution < 1.29 is 17.4 Å². The Morgan fingerprint density at radius 2 is 1.80 bits per heavy atom. The first-order chi connectivity index (χ1) is 9.44. The molecule has 20 heavy (non-hydrogen) atoms. The summed E-state index contributed by atoms with van der Waals surface area (Å²) in [5.74, 6) is 0.0649. The highest BCUT2D eigenvalue weighted by atomic mass is 32.2. The van der Waals surface area contributed by atoms with Crippen molar-refractivity contribution in [2.45, 2.75) is 25.2 Å². The third kappa shape index (κ3) is 4.85. The SMILES string of the molecule is O=S(=O)(O)CCCN1CCC(c2ccc(F)cc2)CC1. The predicted octanol–water partition coefficient (Wildman–Crippen LogP) is 2.28. The molecule has 1 fully saturated rings. The molecule has 2 rings (SSSR count). The Labute approximate surface area is 119 Å². The maximum Gasteiger partial charge on any atom is 0.264 e. The van der Waals surface area contributed by atoms with E-state index in [4.69, 9.17) is 4.55 Å². The summed E-state index contributed by atoms with van der Waals surface area (Å²) >= 11 is 0. The zero-order chi connectivity index (χ0) is 14.6. The smallest absolute Gasteiger partial charge is 0.264 e. The molecule has 0 unspecified atom stereocenters. The van der Waals surface area contributed by atoms with Crippen LogP contribution in [0.2, 0.25) is 0 Å². The Hall–Kier alpha value is -0.980. The first-order valence-electron chi connectivity index (χ1n) is 6.87. The molecule has 1 aromatic rings. The Morgan fingerprint density at radius 1 is 1.20 bits per heavy atom. The highest BCUT2D eigenvalue weighted by molar-refractivity contribution is 7.85. The largest absolute Gasteiger partial charge is 0.303 e. The van der Waals surface area contributed by atoms with Crippen LogP contribution in [0.15, 0.2) is 24.3 Å². The minimum absolute atomic E-state index is 0.176. The zero-order valence-electron chi connectivity index (χ0n) is 11.3. The van der Waals surface area contributed by atoms with Gasteiger partial charge in [-0.25, -0.2) is 4.39 Å². The summed E-state index contributed by atoms with van der Waals surface area (Å²) in [6.45, 7) is 2.51. The molecule has 0 aromatic heterocycles. The van der Waals surface area contributed by atoms with Crippen molar-refractivity contribution in [3.05, 3.63) is 35.6 Å². The molecule has 4 nitrogen and oxygen atoms in total. The zero-order valence-corrected chi connectivity index (χ0v) is 12.2. The lowest BCUT2D eigenvalue weighted by Gasteiger charge is -2.32. The van der Waals surface area contributed by atoms with Gasteiger partial charge in [-0.15, -0.1) is 0 Å². The number of nitrogens with zero attached hydrogens (tertiary/aromatic N) is 1. The van der Waals surface area contributed by atoms with Crippen molar-refractivity contribution in [3.8, 4) is 0 Å². The van der Waals surface area contributed by atoms with E-state index in [1.807, 2.05) is 12.1 Å². The van der Waals surface area contributed by atoms with Crippen LogP contribution in [0.1, 0.15) is 30.7 Å². The van der Waals surface area contributed by atoms with Crippen molar-refractivity contribution >= 4 is 10.1 Å². The van der Waals surface area contributed by atoms with Crippen LogP contribution in [-0.2, 0) is 10.1 Å². The van der Waals surface area contributed by atoms with E-state index >= 15 is 0 Å². The molecule has 1 aliphatic rings. The van der Waals surface area contributed by atoms with Crippen LogP contribution in [0, 0.1) is 5.82 Å². The number of likely N-dealkylation sites (tertiary alicyclic amines) is 1. The number of hydrogen-bond donors (Lipinski definition) is 1. The van der Waals surface area contributed by atoms with E-state index in [0.717, 1.165) is 25.9 Å². The summed E-state index contributed by atoms with van der Waals surface area (Å²) < 4.78 is 42.8. The average Bonchev–Trinajstić information content (AvgIpc) is 2.39. The number of rotatable bonds is 5. The van der Waals surface area contributed by atoms with E-state index in [1.54, 1.807) is 0 Å². The summed E-state index contributed by atoms with van der Waals surface area (Å²) in [4.78, 5) is 2.21. The van der Waals surface area contributed by atoms with Gasteiger partial charge in [-0.05, 0) is 62.5 Å². The average molecular weight is 301 g/mol. The van der Waals surface area contributed by atoms with Gasteiger partial charge < -0.3 is 4.90 Å². The standard InChI is InChI=1S/C14H20FNO3S/c15-14-4-2-12(3-5-14)13-6-9-16(10-7-13)8-1-11-20(17,18)19/h2-5,13H,1,6-11H2,(H,17,18,19). The van der Waals surface area contributed by atoms with Crippen LogP contribution in [-0.4, -0.2) is 43.3 Å². The van der Waals surface area contributed by atoms with Gasteiger partial charge in [-0.3, -0.25) is 4.55 Å². The van der Waals surface area contributed by atoms with Gasteiger partial charge in [-0.1, -0.05) is 12.1 Å². The van der Waals surface area contributed by atoms with Gasteiger partial charge in [0.25, 0.3) is 10.1 Å². The van der Waals surface area contributed by atoms with E-state index in [1.165, 1.54) is 17.7 Å². The predicted molar refractivity (Wildman–Crippen MR) is 75.8 cm³/mol. The molecule has 0 aliphatic carbocycles. The molecule has 0 bridgehead atoms.